The van der Waals surface area contributed by atoms with Gasteiger partial charge in [0.2, 0.25) is 3.79 Å². The predicted molar refractivity (Wildman–Crippen MR) is 87.6 cm³/mol. The van der Waals surface area contributed by atoms with Crippen LogP contribution < -0.4 is 9.46 Å². The second-order valence-electron chi connectivity index (χ2n) is 4.92. The molecule has 128 valence electrons. The Morgan fingerprint density at radius 1 is 1.35 bits per heavy atom. The van der Waals surface area contributed by atoms with Gasteiger partial charge >= 0.3 is 10.3 Å². The fraction of sp³-hybridized carbons (Fsp3) is 0.462. The number of fused-ring (bicyclic) bond motifs is 1. The van der Waals surface area contributed by atoms with Crippen LogP contribution in [-0.2, 0) is 14.5 Å². The Labute approximate surface area is 149 Å². The molecule has 0 saturated carbocycles. The van der Waals surface area contributed by atoms with Gasteiger partial charge in [0.1, 0.15) is 12.4 Å². The highest BCUT2D eigenvalue weighted by Crippen LogP contribution is 2.33. The van der Waals surface area contributed by atoms with Crippen LogP contribution in [0, 0.1) is 0 Å². The van der Waals surface area contributed by atoms with E-state index in [4.69, 9.17) is 39.5 Å². The minimum Gasteiger partial charge on any atom is -0.497 e. The van der Waals surface area contributed by atoms with Crippen molar-refractivity contribution >= 4 is 50.9 Å². The second kappa shape index (κ2) is 7.13. The Morgan fingerprint density at radius 2 is 2.04 bits per heavy atom. The predicted octanol–water partition coefficient (Wildman–Crippen LogP) is 2.93. The number of benzene rings is 1. The van der Waals surface area contributed by atoms with E-state index in [1.54, 1.807) is 18.2 Å². The number of methoxy groups -OCH3 is 1. The highest BCUT2D eigenvalue weighted by Gasteiger charge is 2.31. The van der Waals surface area contributed by atoms with Gasteiger partial charge in [-0.1, -0.05) is 40.9 Å². The molecule has 2 rings (SSSR count). The average Bonchev–Trinajstić information content (AvgIpc) is 2.47. The molecule has 0 amide bonds. The SMILES string of the molecule is COc1ccc2c(c1)C(=O)CCC2NS(=O)(=O)OCC(Cl)(Cl)Cl. The standard InChI is InChI=1S/C13H14Cl3NO5S/c1-21-8-2-3-9-10(6-8)12(18)5-4-11(9)17-23(19,20)22-7-13(14,15)16/h2-3,6,11,17H,4-5,7H2,1H3. The first-order valence-corrected chi connectivity index (χ1v) is 9.10. The number of carbonyl (C=O) groups is 1. The largest absolute Gasteiger partial charge is 0.497 e. The molecule has 10 heteroatoms. The van der Waals surface area contributed by atoms with Gasteiger partial charge in [-0.15, -0.1) is 0 Å². The summed E-state index contributed by atoms with van der Waals surface area (Å²) >= 11 is 16.4. The van der Waals surface area contributed by atoms with Crippen LogP contribution in [0.5, 0.6) is 5.75 Å². The Bertz CT molecular complexity index is 702. The number of Topliss-reactive ketones (excluding diaryl/α,β-unsaturated/α-hetero) is 1. The van der Waals surface area contributed by atoms with Gasteiger partial charge in [0.25, 0.3) is 0 Å². The lowest BCUT2D eigenvalue weighted by Crippen LogP contribution is -2.35. The molecule has 0 radical (unpaired) electrons. The molecule has 0 aliphatic heterocycles. The van der Waals surface area contributed by atoms with Crippen molar-refractivity contribution in [1.82, 2.24) is 4.72 Å². The van der Waals surface area contributed by atoms with Gasteiger partial charge < -0.3 is 4.74 Å². The maximum Gasteiger partial charge on any atom is 0.336 e. The molecule has 6 nitrogen and oxygen atoms in total. The number of hydrogen-bond acceptors (Lipinski definition) is 5. The highest BCUT2D eigenvalue weighted by molar-refractivity contribution is 7.84. The zero-order valence-corrected chi connectivity index (χ0v) is 15.1. The van der Waals surface area contributed by atoms with Crippen LogP contribution in [0.1, 0.15) is 34.8 Å². The number of ketones is 1. The summed E-state index contributed by atoms with van der Waals surface area (Å²) in [7, 11) is -2.65. The van der Waals surface area contributed by atoms with Crippen LogP contribution in [0.3, 0.4) is 0 Å². The summed E-state index contributed by atoms with van der Waals surface area (Å²) in [5.41, 5.74) is 0.979. The summed E-state index contributed by atoms with van der Waals surface area (Å²) in [6.45, 7) is -0.617. The van der Waals surface area contributed by atoms with E-state index >= 15 is 0 Å². The minimum absolute atomic E-state index is 0.0726. The molecule has 0 aromatic heterocycles. The Balaban J connectivity index is 2.19. The van der Waals surface area contributed by atoms with Crippen LogP contribution >= 0.6 is 34.8 Å². The van der Waals surface area contributed by atoms with E-state index in [0.29, 0.717) is 23.3 Å². The van der Waals surface area contributed by atoms with Gasteiger partial charge in [-0.2, -0.15) is 13.1 Å². The van der Waals surface area contributed by atoms with E-state index in [1.807, 2.05) is 0 Å². The molecule has 0 bridgehead atoms. The lowest BCUT2D eigenvalue weighted by molar-refractivity contribution is 0.0964. The second-order valence-corrected chi connectivity index (χ2v) is 8.81. The van der Waals surface area contributed by atoms with E-state index in [-0.39, 0.29) is 12.2 Å². The number of halogens is 3. The Hall–Kier alpha value is -0.570. The van der Waals surface area contributed by atoms with Crippen LogP contribution in [-0.4, -0.2) is 31.7 Å². The summed E-state index contributed by atoms with van der Waals surface area (Å²) < 4.78 is 34.1. The summed E-state index contributed by atoms with van der Waals surface area (Å²) in [6.07, 6.45) is 0.520. The van der Waals surface area contributed by atoms with Crippen molar-refractivity contribution in [1.29, 1.82) is 0 Å². The van der Waals surface area contributed by atoms with Crippen molar-refractivity contribution in [3.8, 4) is 5.75 Å². The fourth-order valence-electron chi connectivity index (χ4n) is 2.25. The van der Waals surface area contributed by atoms with E-state index < -0.39 is 26.7 Å². The lowest BCUT2D eigenvalue weighted by atomic mass is 9.87. The van der Waals surface area contributed by atoms with Gasteiger partial charge in [0, 0.05) is 18.0 Å². The molecule has 1 atom stereocenters. The molecule has 1 aliphatic carbocycles. The average molecular weight is 403 g/mol. The van der Waals surface area contributed by atoms with Gasteiger partial charge in [0.05, 0.1) is 7.11 Å². The number of nitrogens with one attached hydrogen (secondary N) is 1. The maximum atomic E-state index is 12.0. The topological polar surface area (TPSA) is 81.7 Å². The molecular weight excluding hydrogens is 389 g/mol. The molecular formula is C13H14Cl3NO5S. The minimum atomic E-state index is -4.14. The molecule has 0 spiro atoms. The van der Waals surface area contributed by atoms with Crippen molar-refractivity contribution in [2.24, 2.45) is 0 Å². The smallest absolute Gasteiger partial charge is 0.336 e. The van der Waals surface area contributed by atoms with Crippen LogP contribution in [0.4, 0.5) is 0 Å². The first-order chi connectivity index (χ1) is 10.6. The number of hydrogen-bond donors (Lipinski definition) is 1. The van der Waals surface area contributed by atoms with Crippen molar-refractivity contribution in [3.05, 3.63) is 29.3 Å². The molecule has 1 aromatic carbocycles. The number of rotatable bonds is 5. The summed E-state index contributed by atoms with van der Waals surface area (Å²) in [4.78, 5) is 12.0. The van der Waals surface area contributed by atoms with Gasteiger partial charge in [-0.3, -0.25) is 8.98 Å². The van der Waals surface area contributed by atoms with E-state index in [9.17, 15) is 13.2 Å². The fourth-order valence-corrected chi connectivity index (χ4v) is 3.60. The highest BCUT2D eigenvalue weighted by atomic mass is 35.6. The Morgan fingerprint density at radius 3 is 2.65 bits per heavy atom. The quantitative estimate of drug-likeness (QED) is 0.766. The van der Waals surface area contributed by atoms with Gasteiger partial charge in [0.15, 0.2) is 5.78 Å². The normalized spacial score (nSPS) is 18.6. The molecule has 0 saturated heterocycles. The molecule has 0 fully saturated rings. The third kappa shape index (κ3) is 5.20. The molecule has 23 heavy (non-hydrogen) atoms. The molecule has 1 N–H and O–H groups in total. The number of carbonyl (C=O) groups excluding carboxylic acids is 1. The lowest BCUT2D eigenvalue weighted by Gasteiger charge is -2.25. The van der Waals surface area contributed by atoms with Crippen molar-refractivity contribution in [3.63, 3.8) is 0 Å². The van der Waals surface area contributed by atoms with Gasteiger partial charge in [-0.25, -0.2) is 0 Å². The van der Waals surface area contributed by atoms with E-state index in [2.05, 4.69) is 8.91 Å². The summed E-state index contributed by atoms with van der Waals surface area (Å²) in [6, 6.07) is 4.28. The summed E-state index contributed by atoms with van der Waals surface area (Å²) in [5.74, 6) is 0.449. The first kappa shape index (κ1) is 18.8. The molecule has 1 aromatic rings. The molecule has 1 aliphatic rings. The van der Waals surface area contributed by atoms with Crippen molar-refractivity contribution in [2.75, 3.05) is 13.7 Å². The monoisotopic (exact) mass is 401 g/mol. The number of ether oxygens (including phenoxy) is 1. The van der Waals surface area contributed by atoms with Crippen LogP contribution in [0.15, 0.2) is 18.2 Å². The Kier molecular flexibility index (Phi) is 5.81. The zero-order valence-electron chi connectivity index (χ0n) is 12.0. The van der Waals surface area contributed by atoms with Crippen LogP contribution in [0.25, 0.3) is 0 Å². The van der Waals surface area contributed by atoms with Crippen LogP contribution in [0.2, 0.25) is 0 Å². The third-order valence-electron chi connectivity index (χ3n) is 3.26. The van der Waals surface area contributed by atoms with E-state index in [1.165, 1.54) is 7.11 Å². The van der Waals surface area contributed by atoms with E-state index in [0.717, 1.165) is 0 Å². The third-order valence-corrected chi connectivity index (χ3v) is 4.59. The van der Waals surface area contributed by atoms with Crippen molar-refractivity contribution in [2.45, 2.75) is 22.7 Å². The maximum absolute atomic E-state index is 12.0. The number of alkyl halides is 3. The molecule has 0 heterocycles. The van der Waals surface area contributed by atoms with Gasteiger partial charge in [-0.05, 0) is 24.1 Å². The first-order valence-electron chi connectivity index (χ1n) is 6.56. The molecule has 1 unspecified atom stereocenters. The zero-order chi connectivity index (χ0) is 17.3. The summed E-state index contributed by atoms with van der Waals surface area (Å²) in [5, 5.41) is 0. The van der Waals surface area contributed by atoms with Crippen molar-refractivity contribution < 1.29 is 22.1 Å².